The van der Waals surface area contributed by atoms with Crippen molar-refractivity contribution in [3.8, 4) is 5.75 Å². The first-order valence-electron chi connectivity index (χ1n) is 7.76. The summed E-state index contributed by atoms with van der Waals surface area (Å²) in [6.45, 7) is 4.04. The topological polar surface area (TPSA) is 55.6 Å². The first kappa shape index (κ1) is 15.8. The number of carbonyl (C=O) groups excluding carboxylic acids is 1. The standard InChI is InChI=1S/C17H26N2O2/c1-13(12-18)17(20)19-9-7-14(8-10-19)11-15-5-3-4-6-16(15)21-2/h3-6,13-14H,7-12,18H2,1-2H3. The van der Waals surface area contributed by atoms with Crippen molar-refractivity contribution in [1.29, 1.82) is 0 Å². The lowest BCUT2D eigenvalue weighted by Gasteiger charge is -2.33. The van der Waals surface area contributed by atoms with Crippen molar-refractivity contribution in [2.24, 2.45) is 17.6 Å². The maximum atomic E-state index is 12.1. The van der Waals surface area contributed by atoms with Gasteiger partial charge >= 0.3 is 0 Å². The third-order valence-corrected chi connectivity index (χ3v) is 4.40. The molecule has 0 saturated carbocycles. The van der Waals surface area contributed by atoms with E-state index >= 15 is 0 Å². The number of rotatable bonds is 5. The second-order valence-corrected chi connectivity index (χ2v) is 5.92. The molecule has 0 aliphatic carbocycles. The fourth-order valence-electron chi connectivity index (χ4n) is 2.95. The molecular weight excluding hydrogens is 264 g/mol. The van der Waals surface area contributed by atoms with Crippen LogP contribution in [0, 0.1) is 11.8 Å². The molecule has 1 unspecified atom stereocenters. The van der Waals surface area contributed by atoms with Crippen LogP contribution in [0.1, 0.15) is 25.3 Å². The minimum Gasteiger partial charge on any atom is -0.496 e. The maximum Gasteiger partial charge on any atom is 0.226 e. The molecule has 0 aromatic heterocycles. The first-order chi connectivity index (χ1) is 10.2. The van der Waals surface area contributed by atoms with Crippen molar-refractivity contribution in [2.45, 2.75) is 26.2 Å². The quantitative estimate of drug-likeness (QED) is 0.903. The van der Waals surface area contributed by atoms with Crippen LogP contribution in [0.15, 0.2) is 24.3 Å². The van der Waals surface area contributed by atoms with Crippen molar-refractivity contribution in [3.05, 3.63) is 29.8 Å². The van der Waals surface area contributed by atoms with Gasteiger partial charge in [-0.05, 0) is 36.8 Å². The van der Waals surface area contributed by atoms with Crippen LogP contribution in [0.3, 0.4) is 0 Å². The number of carbonyl (C=O) groups is 1. The predicted molar refractivity (Wildman–Crippen MR) is 84.2 cm³/mol. The van der Waals surface area contributed by atoms with E-state index in [4.69, 9.17) is 10.5 Å². The lowest BCUT2D eigenvalue weighted by molar-refractivity contribution is -0.136. The molecular formula is C17H26N2O2. The fourth-order valence-corrected chi connectivity index (χ4v) is 2.95. The molecule has 21 heavy (non-hydrogen) atoms. The van der Waals surface area contributed by atoms with Gasteiger partial charge in [0, 0.05) is 25.6 Å². The van der Waals surface area contributed by atoms with Gasteiger partial charge in [-0.1, -0.05) is 25.1 Å². The molecule has 116 valence electrons. The van der Waals surface area contributed by atoms with Gasteiger partial charge in [-0.25, -0.2) is 0 Å². The fraction of sp³-hybridized carbons (Fsp3) is 0.588. The molecule has 1 aromatic rings. The van der Waals surface area contributed by atoms with Gasteiger partial charge in [0.15, 0.2) is 0 Å². The van der Waals surface area contributed by atoms with E-state index in [-0.39, 0.29) is 11.8 Å². The zero-order chi connectivity index (χ0) is 15.2. The maximum absolute atomic E-state index is 12.1. The lowest BCUT2D eigenvalue weighted by Crippen LogP contribution is -2.43. The van der Waals surface area contributed by atoms with E-state index in [1.54, 1.807) is 7.11 Å². The van der Waals surface area contributed by atoms with Crippen LogP contribution in [0.2, 0.25) is 0 Å². The number of nitrogens with zero attached hydrogens (tertiary/aromatic N) is 1. The zero-order valence-electron chi connectivity index (χ0n) is 13.0. The number of piperidine rings is 1. The average molecular weight is 290 g/mol. The Balaban J connectivity index is 1.88. The summed E-state index contributed by atoms with van der Waals surface area (Å²) < 4.78 is 5.41. The highest BCUT2D eigenvalue weighted by atomic mass is 16.5. The summed E-state index contributed by atoms with van der Waals surface area (Å²) in [6.07, 6.45) is 3.14. The molecule has 4 nitrogen and oxygen atoms in total. The molecule has 1 aliphatic heterocycles. The van der Waals surface area contributed by atoms with Crippen LogP contribution in [0.25, 0.3) is 0 Å². The van der Waals surface area contributed by atoms with E-state index in [1.165, 1.54) is 5.56 Å². The monoisotopic (exact) mass is 290 g/mol. The Morgan fingerprint density at radius 2 is 2.05 bits per heavy atom. The molecule has 1 aromatic carbocycles. The Morgan fingerprint density at radius 3 is 2.67 bits per heavy atom. The Hall–Kier alpha value is -1.55. The number of hydrogen-bond acceptors (Lipinski definition) is 3. The third-order valence-electron chi connectivity index (χ3n) is 4.40. The summed E-state index contributed by atoms with van der Waals surface area (Å²) in [5.41, 5.74) is 6.84. The minimum atomic E-state index is -0.0595. The van der Waals surface area contributed by atoms with Gasteiger partial charge in [-0.15, -0.1) is 0 Å². The molecule has 1 heterocycles. The van der Waals surface area contributed by atoms with Crippen LogP contribution >= 0.6 is 0 Å². The van der Waals surface area contributed by atoms with Crippen molar-refractivity contribution in [3.63, 3.8) is 0 Å². The Morgan fingerprint density at radius 1 is 1.38 bits per heavy atom. The molecule has 1 aliphatic rings. The molecule has 0 radical (unpaired) electrons. The third kappa shape index (κ3) is 3.97. The Labute approximate surface area is 127 Å². The summed E-state index contributed by atoms with van der Waals surface area (Å²) in [4.78, 5) is 14.1. The van der Waals surface area contributed by atoms with E-state index in [1.807, 2.05) is 24.0 Å². The van der Waals surface area contributed by atoms with Crippen LogP contribution in [0.4, 0.5) is 0 Å². The molecule has 1 amide bonds. The lowest BCUT2D eigenvalue weighted by atomic mass is 9.89. The van der Waals surface area contributed by atoms with Gasteiger partial charge in [0.05, 0.1) is 7.11 Å². The highest BCUT2D eigenvalue weighted by molar-refractivity contribution is 5.78. The Kier molecular flexibility index (Phi) is 5.62. The van der Waals surface area contributed by atoms with Crippen molar-refractivity contribution < 1.29 is 9.53 Å². The number of likely N-dealkylation sites (tertiary alicyclic amines) is 1. The number of amides is 1. The smallest absolute Gasteiger partial charge is 0.226 e. The molecule has 1 fully saturated rings. The summed E-state index contributed by atoms with van der Waals surface area (Å²) in [6, 6.07) is 8.20. The van der Waals surface area contributed by atoms with Crippen LogP contribution in [-0.4, -0.2) is 37.6 Å². The average Bonchev–Trinajstić information content (AvgIpc) is 2.54. The van der Waals surface area contributed by atoms with Gasteiger partial charge in [0.1, 0.15) is 5.75 Å². The van der Waals surface area contributed by atoms with Gasteiger partial charge in [-0.3, -0.25) is 4.79 Å². The van der Waals surface area contributed by atoms with Crippen molar-refractivity contribution >= 4 is 5.91 Å². The minimum absolute atomic E-state index is 0.0595. The molecule has 1 saturated heterocycles. The molecule has 0 spiro atoms. The predicted octanol–water partition coefficient (Wildman–Crippen LogP) is 2.07. The van der Waals surface area contributed by atoms with E-state index < -0.39 is 0 Å². The highest BCUT2D eigenvalue weighted by Crippen LogP contribution is 2.27. The van der Waals surface area contributed by atoms with E-state index in [2.05, 4.69) is 12.1 Å². The molecule has 0 bridgehead atoms. The van der Waals surface area contributed by atoms with E-state index in [0.717, 1.165) is 38.1 Å². The van der Waals surface area contributed by atoms with Gasteiger partial charge in [0.2, 0.25) is 5.91 Å². The molecule has 4 heteroatoms. The van der Waals surface area contributed by atoms with Crippen molar-refractivity contribution in [2.75, 3.05) is 26.7 Å². The van der Waals surface area contributed by atoms with E-state index in [0.29, 0.717) is 12.5 Å². The van der Waals surface area contributed by atoms with E-state index in [9.17, 15) is 4.79 Å². The molecule has 2 N–H and O–H groups in total. The van der Waals surface area contributed by atoms with Gasteiger partial charge in [0.25, 0.3) is 0 Å². The van der Waals surface area contributed by atoms with Crippen LogP contribution in [-0.2, 0) is 11.2 Å². The first-order valence-corrected chi connectivity index (χ1v) is 7.76. The number of benzene rings is 1. The summed E-state index contributed by atoms with van der Waals surface area (Å²) in [7, 11) is 1.72. The number of para-hydroxylation sites is 1. The van der Waals surface area contributed by atoms with Crippen molar-refractivity contribution in [1.82, 2.24) is 4.90 Å². The second-order valence-electron chi connectivity index (χ2n) is 5.92. The highest BCUT2D eigenvalue weighted by Gasteiger charge is 2.25. The molecule has 2 rings (SSSR count). The largest absolute Gasteiger partial charge is 0.496 e. The number of hydrogen-bond donors (Lipinski definition) is 1. The van der Waals surface area contributed by atoms with Crippen LogP contribution < -0.4 is 10.5 Å². The summed E-state index contributed by atoms with van der Waals surface area (Å²) >= 11 is 0. The van der Waals surface area contributed by atoms with Crippen LogP contribution in [0.5, 0.6) is 5.75 Å². The zero-order valence-corrected chi connectivity index (χ0v) is 13.0. The number of ether oxygens (including phenoxy) is 1. The normalized spacial score (nSPS) is 17.6. The van der Waals surface area contributed by atoms with Gasteiger partial charge < -0.3 is 15.4 Å². The number of nitrogens with two attached hydrogens (primary N) is 1. The summed E-state index contributed by atoms with van der Waals surface area (Å²) in [5.74, 6) is 1.73. The second kappa shape index (κ2) is 7.46. The molecule has 1 atom stereocenters. The SMILES string of the molecule is COc1ccccc1CC1CCN(C(=O)C(C)CN)CC1. The Bertz CT molecular complexity index is 468. The summed E-state index contributed by atoms with van der Waals surface area (Å²) in [5, 5.41) is 0. The van der Waals surface area contributed by atoms with Gasteiger partial charge in [-0.2, -0.15) is 0 Å². The number of methoxy groups -OCH3 is 1.